The highest BCUT2D eigenvalue weighted by Crippen LogP contribution is 2.62. The Bertz CT molecular complexity index is 564. The molecule has 7 heteroatoms. The predicted molar refractivity (Wildman–Crippen MR) is 101 cm³/mol. The lowest BCUT2D eigenvalue weighted by Crippen LogP contribution is -2.74. The molecule has 1 saturated carbocycles. The van der Waals surface area contributed by atoms with Crippen molar-refractivity contribution in [2.24, 2.45) is 23.7 Å². The number of halogens is 2. The van der Waals surface area contributed by atoms with Crippen molar-refractivity contribution >= 4 is 22.6 Å². The SMILES string of the molecule is C=CCO[C@@]1(CF)O[C@@H]2O[C@]3(CI)CCC4[C@H](C)CC[C@@H]([C@H]1C)[C@]42OO3. The second kappa shape index (κ2) is 6.91. The summed E-state index contributed by atoms with van der Waals surface area (Å²) < 4.78 is 33.4. The molecule has 8 atom stereocenters. The summed E-state index contributed by atoms with van der Waals surface area (Å²) >= 11 is 2.25. The highest BCUT2D eigenvalue weighted by atomic mass is 127. The van der Waals surface area contributed by atoms with Gasteiger partial charge >= 0.3 is 0 Å². The first-order valence-corrected chi connectivity index (χ1v) is 11.1. The molecule has 5 nitrogen and oxygen atoms in total. The number of hydrogen-bond acceptors (Lipinski definition) is 5. The number of alkyl halides is 2. The second-order valence-corrected chi connectivity index (χ2v) is 9.04. The van der Waals surface area contributed by atoms with Crippen molar-refractivity contribution in [3.05, 3.63) is 12.7 Å². The quantitative estimate of drug-likeness (QED) is 0.255. The van der Waals surface area contributed by atoms with E-state index in [1.807, 2.05) is 6.92 Å². The van der Waals surface area contributed by atoms with Gasteiger partial charge in [-0.15, -0.1) is 6.58 Å². The fourth-order valence-corrected chi connectivity index (χ4v) is 6.26. The largest absolute Gasteiger partial charge is 0.343 e. The van der Waals surface area contributed by atoms with E-state index in [4.69, 9.17) is 24.0 Å². The zero-order valence-corrected chi connectivity index (χ0v) is 17.6. The van der Waals surface area contributed by atoms with Gasteiger partial charge in [0.2, 0.25) is 11.6 Å². The van der Waals surface area contributed by atoms with Crippen molar-refractivity contribution in [2.75, 3.05) is 17.7 Å². The molecule has 0 N–H and O–H groups in total. The van der Waals surface area contributed by atoms with Gasteiger partial charge in [-0.3, -0.25) is 0 Å². The number of rotatable bonds is 5. The van der Waals surface area contributed by atoms with Crippen LogP contribution in [0.5, 0.6) is 0 Å². The van der Waals surface area contributed by atoms with Gasteiger partial charge in [-0.05, 0) is 31.1 Å². The minimum Gasteiger partial charge on any atom is -0.343 e. The smallest absolute Gasteiger partial charge is 0.213 e. The molecule has 1 aliphatic carbocycles. The van der Waals surface area contributed by atoms with Crippen molar-refractivity contribution in [3.63, 3.8) is 0 Å². The van der Waals surface area contributed by atoms with E-state index in [1.54, 1.807) is 6.08 Å². The van der Waals surface area contributed by atoms with Crippen LogP contribution in [0.1, 0.15) is 39.5 Å². The molecule has 0 aromatic heterocycles. The summed E-state index contributed by atoms with van der Waals surface area (Å²) in [6.45, 7) is 7.45. The molecule has 4 saturated heterocycles. The molecular formula is C19H28FIO5. The summed E-state index contributed by atoms with van der Waals surface area (Å²) in [5.74, 6) is -1.56. The Hall–Kier alpha value is 0.200. The van der Waals surface area contributed by atoms with E-state index in [2.05, 4.69) is 36.1 Å². The number of hydrogen-bond donors (Lipinski definition) is 0. The van der Waals surface area contributed by atoms with Crippen LogP contribution in [0.2, 0.25) is 0 Å². The Labute approximate surface area is 168 Å². The van der Waals surface area contributed by atoms with Gasteiger partial charge in [0, 0.05) is 18.3 Å². The average molecular weight is 482 g/mol. The van der Waals surface area contributed by atoms with Crippen LogP contribution in [0, 0.1) is 23.7 Å². The molecule has 5 fully saturated rings. The zero-order valence-electron chi connectivity index (χ0n) is 15.4. The normalized spacial score (nSPS) is 53.0. The molecule has 0 amide bonds. The van der Waals surface area contributed by atoms with Gasteiger partial charge in [0.1, 0.15) is 6.67 Å². The maximum absolute atomic E-state index is 14.3. The van der Waals surface area contributed by atoms with E-state index >= 15 is 0 Å². The second-order valence-electron chi connectivity index (χ2n) is 8.27. The van der Waals surface area contributed by atoms with Crippen LogP contribution in [-0.4, -0.2) is 41.2 Å². The van der Waals surface area contributed by atoms with Crippen molar-refractivity contribution in [1.29, 1.82) is 0 Å². The Kier molecular flexibility index (Phi) is 5.19. The fourth-order valence-electron chi connectivity index (χ4n) is 5.57. The van der Waals surface area contributed by atoms with Gasteiger partial charge in [0.25, 0.3) is 0 Å². The first-order chi connectivity index (χ1) is 12.5. The molecule has 2 bridgehead atoms. The van der Waals surface area contributed by atoms with Crippen LogP contribution in [0.25, 0.3) is 0 Å². The lowest BCUT2D eigenvalue weighted by atomic mass is 9.57. The lowest BCUT2D eigenvalue weighted by Gasteiger charge is -2.62. The molecule has 5 aliphatic rings. The molecule has 148 valence electrons. The zero-order chi connectivity index (χ0) is 18.6. The summed E-state index contributed by atoms with van der Waals surface area (Å²) in [5, 5.41) is 0. The van der Waals surface area contributed by atoms with Gasteiger partial charge in [0.05, 0.1) is 11.0 Å². The highest BCUT2D eigenvalue weighted by Gasteiger charge is 2.72. The third-order valence-corrected chi connectivity index (χ3v) is 8.24. The molecule has 4 aliphatic heterocycles. The van der Waals surface area contributed by atoms with Crippen molar-refractivity contribution in [2.45, 2.75) is 63.0 Å². The Morgan fingerprint density at radius 3 is 2.69 bits per heavy atom. The van der Waals surface area contributed by atoms with Crippen LogP contribution < -0.4 is 0 Å². The minimum absolute atomic E-state index is 0.0494. The summed E-state index contributed by atoms with van der Waals surface area (Å²) in [7, 11) is 0. The first-order valence-electron chi connectivity index (χ1n) is 9.56. The maximum atomic E-state index is 14.3. The number of ether oxygens (including phenoxy) is 3. The monoisotopic (exact) mass is 482 g/mol. The number of fused-ring (bicyclic) bond motifs is 2. The Morgan fingerprint density at radius 2 is 2.00 bits per heavy atom. The molecule has 0 aromatic carbocycles. The Morgan fingerprint density at radius 1 is 1.19 bits per heavy atom. The van der Waals surface area contributed by atoms with Crippen molar-refractivity contribution < 1.29 is 28.4 Å². The van der Waals surface area contributed by atoms with E-state index in [-0.39, 0.29) is 24.4 Å². The average Bonchev–Trinajstić information content (AvgIpc) is 2.91. The van der Waals surface area contributed by atoms with Crippen LogP contribution >= 0.6 is 22.6 Å². The maximum Gasteiger partial charge on any atom is 0.213 e. The lowest BCUT2D eigenvalue weighted by molar-refractivity contribution is -0.585. The van der Waals surface area contributed by atoms with Gasteiger partial charge in [0.15, 0.2) is 11.9 Å². The summed E-state index contributed by atoms with van der Waals surface area (Å²) in [5.41, 5.74) is -0.695. The highest BCUT2D eigenvalue weighted by molar-refractivity contribution is 14.1. The molecule has 0 aromatic rings. The van der Waals surface area contributed by atoms with Crippen molar-refractivity contribution in [3.8, 4) is 0 Å². The van der Waals surface area contributed by atoms with Gasteiger partial charge < -0.3 is 14.2 Å². The summed E-state index contributed by atoms with van der Waals surface area (Å²) in [6, 6.07) is 0. The van der Waals surface area contributed by atoms with E-state index in [0.29, 0.717) is 10.3 Å². The van der Waals surface area contributed by atoms with E-state index < -0.39 is 30.1 Å². The molecule has 26 heavy (non-hydrogen) atoms. The fraction of sp³-hybridized carbons (Fsp3) is 0.895. The van der Waals surface area contributed by atoms with Crippen LogP contribution in [0.3, 0.4) is 0 Å². The van der Waals surface area contributed by atoms with Gasteiger partial charge in [-0.2, -0.15) is 4.89 Å². The van der Waals surface area contributed by atoms with E-state index in [9.17, 15) is 4.39 Å². The van der Waals surface area contributed by atoms with Crippen molar-refractivity contribution in [1.82, 2.24) is 0 Å². The minimum atomic E-state index is -1.33. The molecule has 4 heterocycles. The topological polar surface area (TPSA) is 46.2 Å². The standard InChI is InChI=1S/C19H28FIO5/c1-4-9-22-18(10-20)13(3)15-6-5-12(2)14-7-8-17(11-21)23-16(24-18)19(14,15)26-25-17/h4,12-16H,1,5-11H2,2-3H3/t12-,13-,14?,15+,16+,17-,18+,19-/m1/s1. The Balaban J connectivity index is 1.78. The van der Waals surface area contributed by atoms with Gasteiger partial charge in [-0.1, -0.05) is 42.5 Å². The summed E-state index contributed by atoms with van der Waals surface area (Å²) in [6.07, 6.45) is 4.64. The predicted octanol–water partition coefficient (Wildman–Crippen LogP) is 4.15. The van der Waals surface area contributed by atoms with Gasteiger partial charge in [-0.25, -0.2) is 9.28 Å². The summed E-state index contributed by atoms with van der Waals surface area (Å²) in [4.78, 5) is 12.0. The van der Waals surface area contributed by atoms with Crippen LogP contribution in [-0.2, 0) is 24.0 Å². The molecular weight excluding hydrogens is 454 g/mol. The molecule has 0 radical (unpaired) electrons. The van der Waals surface area contributed by atoms with E-state index in [0.717, 1.165) is 25.7 Å². The third-order valence-electron chi connectivity index (χ3n) is 7.08. The molecule has 1 spiro atoms. The molecule has 5 rings (SSSR count). The third kappa shape index (κ3) is 2.57. The van der Waals surface area contributed by atoms with Crippen LogP contribution in [0.4, 0.5) is 4.39 Å². The van der Waals surface area contributed by atoms with Crippen LogP contribution in [0.15, 0.2) is 12.7 Å². The first kappa shape index (κ1) is 19.5. The van der Waals surface area contributed by atoms with E-state index in [1.165, 1.54) is 0 Å². The molecule has 1 unspecified atom stereocenters.